The summed E-state index contributed by atoms with van der Waals surface area (Å²) in [5.41, 5.74) is 1.73. The molecule has 0 bridgehead atoms. The third-order valence-corrected chi connectivity index (χ3v) is 5.27. The third-order valence-electron chi connectivity index (χ3n) is 4.30. The molecule has 0 N–H and O–H groups in total. The van der Waals surface area contributed by atoms with Crippen molar-refractivity contribution in [2.24, 2.45) is 0 Å². The van der Waals surface area contributed by atoms with Gasteiger partial charge in [-0.25, -0.2) is 0 Å². The predicted octanol–water partition coefficient (Wildman–Crippen LogP) is 4.17. The number of benzene rings is 2. The molecule has 0 amide bonds. The standard InChI is InChI=1S/C21H23N3O3S/c1-4-24-20(13-27-19-8-6-5-7-15(19)2)22-23-21(24)28-14-18(25)16-9-11-17(26-3)12-10-16/h5-12H,4,13-14H2,1-3H3. The summed E-state index contributed by atoms with van der Waals surface area (Å²) < 4.78 is 13.0. The molecule has 0 aliphatic rings. The molecule has 0 spiro atoms. The highest BCUT2D eigenvalue weighted by Gasteiger charge is 2.15. The number of methoxy groups -OCH3 is 1. The van der Waals surface area contributed by atoms with E-state index >= 15 is 0 Å². The van der Waals surface area contributed by atoms with Crippen LogP contribution in [0.2, 0.25) is 0 Å². The molecule has 0 radical (unpaired) electrons. The van der Waals surface area contributed by atoms with Crippen LogP contribution in [0.15, 0.2) is 53.7 Å². The molecule has 146 valence electrons. The predicted molar refractivity (Wildman–Crippen MR) is 109 cm³/mol. The Morgan fingerprint density at radius 2 is 1.86 bits per heavy atom. The van der Waals surface area contributed by atoms with Gasteiger partial charge in [0, 0.05) is 12.1 Å². The molecule has 0 fully saturated rings. The Kier molecular flexibility index (Phi) is 6.71. The first kappa shape index (κ1) is 19.9. The smallest absolute Gasteiger partial charge is 0.191 e. The first-order valence-electron chi connectivity index (χ1n) is 9.03. The summed E-state index contributed by atoms with van der Waals surface area (Å²) in [6.45, 7) is 5.07. The van der Waals surface area contributed by atoms with Gasteiger partial charge in [0.15, 0.2) is 16.8 Å². The molecule has 1 heterocycles. The van der Waals surface area contributed by atoms with Gasteiger partial charge >= 0.3 is 0 Å². The zero-order chi connectivity index (χ0) is 19.9. The number of Topliss-reactive ketones (excluding diaryl/α,β-unsaturated/α-hetero) is 1. The van der Waals surface area contributed by atoms with Crippen molar-refractivity contribution in [3.05, 3.63) is 65.5 Å². The Hall–Kier alpha value is -2.80. The Morgan fingerprint density at radius 3 is 2.54 bits per heavy atom. The molecule has 0 aliphatic carbocycles. The number of ether oxygens (including phenoxy) is 2. The lowest BCUT2D eigenvalue weighted by atomic mass is 10.1. The van der Waals surface area contributed by atoms with Crippen molar-refractivity contribution in [1.82, 2.24) is 14.8 Å². The number of para-hydroxylation sites is 1. The van der Waals surface area contributed by atoms with Gasteiger partial charge < -0.3 is 14.0 Å². The van der Waals surface area contributed by atoms with Crippen molar-refractivity contribution < 1.29 is 14.3 Å². The Labute approximate surface area is 168 Å². The van der Waals surface area contributed by atoms with Crippen LogP contribution < -0.4 is 9.47 Å². The molecule has 3 rings (SSSR count). The van der Waals surface area contributed by atoms with E-state index in [0.29, 0.717) is 29.6 Å². The van der Waals surface area contributed by atoms with Gasteiger partial charge in [0.05, 0.1) is 12.9 Å². The molecule has 6 nitrogen and oxygen atoms in total. The number of thioether (sulfide) groups is 1. The van der Waals surface area contributed by atoms with E-state index < -0.39 is 0 Å². The Bertz CT molecular complexity index is 938. The van der Waals surface area contributed by atoms with Gasteiger partial charge in [-0.2, -0.15) is 0 Å². The second-order valence-electron chi connectivity index (χ2n) is 6.14. The maximum absolute atomic E-state index is 12.4. The van der Waals surface area contributed by atoms with Crippen LogP contribution in [0.25, 0.3) is 0 Å². The highest BCUT2D eigenvalue weighted by Crippen LogP contribution is 2.22. The molecule has 3 aromatic rings. The summed E-state index contributed by atoms with van der Waals surface area (Å²) in [5.74, 6) is 2.63. The average molecular weight is 398 g/mol. The van der Waals surface area contributed by atoms with E-state index in [2.05, 4.69) is 10.2 Å². The zero-order valence-electron chi connectivity index (χ0n) is 16.2. The quantitative estimate of drug-likeness (QED) is 0.399. The maximum Gasteiger partial charge on any atom is 0.191 e. The first-order chi connectivity index (χ1) is 13.6. The molecule has 0 saturated carbocycles. The van der Waals surface area contributed by atoms with Crippen molar-refractivity contribution in [2.75, 3.05) is 12.9 Å². The number of hydrogen-bond acceptors (Lipinski definition) is 6. The van der Waals surface area contributed by atoms with Gasteiger partial charge in [-0.3, -0.25) is 4.79 Å². The number of ketones is 1. The molecule has 7 heteroatoms. The van der Waals surface area contributed by atoms with E-state index in [4.69, 9.17) is 9.47 Å². The maximum atomic E-state index is 12.4. The number of hydrogen-bond donors (Lipinski definition) is 0. The summed E-state index contributed by atoms with van der Waals surface area (Å²) in [6.07, 6.45) is 0. The third kappa shape index (κ3) is 4.72. The fourth-order valence-electron chi connectivity index (χ4n) is 2.70. The van der Waals surface area contributed by atoms with Gasteiger partial charge in [-0.1, -0.05) is 30.0 Å². The van der Waals surface area contributed by atoms with Crippen LogP contribution in [0.4, 0.5) is 0 Å². The van der Waals surface area contributed by atoms with E-state index in [9.17, 15) is 4.79 Å². The van der Waals surface area contributed by atoms with Crippen LogP contribution in [0.3, 0.4) is 0 Å². The summed E-state index contributed by atoms with van der Waals surface area (Å²) in [5, 5.41) is 9.20. The van der Waals surface area contributed by atoms with Crippen molar-refractivity contribution >= 4 is 17.5 Å². The molecular weight excluding hydrogens is 374 g/mol. The normalized spacial score (nSPS) is 10.7. The SMILES string of the molecule is CCn1c(COc2ccccc2C)nnc1SCC(=O)c1ccc(OC)cc1. The van der Waals surface area contributed by atoms with Crippen LogP contribution in [0, 0.1) is 6.92 Å². The zero-order valence-corrected chi connectivity index (χ0v) is 17.0. The summed E-state index contributed by atoms with van der Waals surface area (Å²) in [7, 11) is 1.60. The summed E-state index contributed by atoms with van der Waals surface area (Å²) in [4.78, 5) is 12.4. The fraction of sp³-hybridized carbons (Fsp3) is 0.286. The van der Waals surface area contributed by atoms with Crippen LogP contribution >= 0.6 is 11.8 Å². The van der Waals surface area contributed by atoms with Crippen LogP contribution in [0.1, 0.15) is 28.7 Å². The minimum atomic E-state index is 0.0380. The largest absolute Gasteiger partial charge is 0.497 e. The van der Waals surface area contributed by atoms with Gasteiger partial charge in [-0.15, -0.1) is 10.2 Å². The van der Waals surface area contributed by atoms with Gasteiger partial charge in [0.25, 0.3) is 0 Å². The van der Waals surface area contributed by atoms with E-state index in [0.717, 1.165) is 22.9 Å². The molecule has 1 aromatic heterocycles. The number of nitrogens with zero attached hydrogens (tertiary/aromatic N) is 3. The summed E-state index contributed by atoms with van der Waals surface area (Å²) in [6, 6.07) is 15.0. The van der Waals surface area contributed by atoms with E-state index in [1.807, 2.05) is 42.7 Å². The molecule has 0 aliphatic heterocycles. The first-order valence-corrected chi connectivity index (χ1v) is 10.0. The van der Waals surface area contributed by atoms with E-state index in [-0.39, 0.29) is 5.78 Å². The number of carbonyl (C=O) groups excluding carboxylic acids is 1. The highest BCUT2D eigenvalue weighted by molar-refractivity contribution is 7.99. The number of aromatic nitrogens is 3. The van der Waals surface area contributed by atoms with Crippen molar-refractivity contribution in [3.63, 3.8) is 0 Å². The fourth-order valence-corrected chi connectivity index (χ4v) is 3.62. The van der Waals surface area contributed by atoms with Crippen molar-refractivity contribution in [2.45, 2.75) is 32.2 Å². The minimum absolute atomic E-state index is 0.0380. The topological polar surface area (TPSA) is 66.2 Å². The lowest BCUT2D eigenvalue weighted by Gasteiger charge is -2.10. The minimum Gasteiger partial charge on any atom is -0.497 e. The number of rotatable bonds is 9. The monoisotopic (exact) mass is 397 g/mol. The second kappa shape index (κ2) is 9.41. The van der Waals surface area contributed by atoms with E-state index in [1.54, 1.807) is 31.4 Å². The van der Waals surface area contributed by atoms with Gasteiger partial charge in [0.1, 0.15) is 18.1 Å². The van der Waals surface area contributed by atoms with Crippen molar-refractivity contribution in [1.29, 1.82) is 0 Å². The molecule has 0 unspecified atom stereocenters. The lowest BCUT2D eigenvalue weighted by molar-refractivity contribution is 0.102. The van der Waals surface area contributed by atoms with Crippen LogP contribution in [-0.2, 0) is 13.2 Å². The molecule has 28 heavy (non-hydrogen) atoms. The number of carbonyl (C=O) groups is 1. The van der Waals surface area contributed by atoms with Crippen LogP contribution in [0.5, 0.6) is 11.5 Å². The van der Waals surface area contributed by atoms with Gasteiger partial charge in [-0.05, 0) is 49.7 Å². The summed E-state index contributed by atoms with van der Waals surface area (Å²) >= 11 is 1.38. The van der Waals surface area contributed by atoms with Crippen molar-refractivity contribution in [3.8, 4) is 11.5 Å². The van der Waals surface area contributed by atoms with E-state index in [1.165, 1.54) is 11.8 Å². The average Bonchev–Trinajstić information content (AvgIpc) is 3.13. The number of aryl methyl sites for hydroxylation is 1. The highest BCUT2D eigenvalue weighted by atomic mass is 32.2. The second-order valence-corrected chi connectivity index (χ2v) is 7.08. The molecule has 0 atom stereocenters. The van der Waals surface area contributed by atoms with Crippen LogP contribution in [-0.4, -0.2) is 33.4 Å². The van der Waals surface area contributed by atoms with Gasteiger partial charge in [0.2, 0.25) is 0 Å². The lowest BCUT2D eigenvalue weighted by Crippen LogP contribution is -2.08. The Morgan fingerprint density at radius 1 is 1.11 bits per heavy atom. The molecule has 2 aromatic carbocycles. The molecular formula is C21H23N3O3S. The molecule has 0 saturated heterocycles. The Balaban J connectivity index is 1.63.